The standard InChI is InChI=1S/C31H48N6O4S/c1-5-37(6-2)42(40,41)29-25-27(31(38)39)24-28(30(29)26-10-8-7-9-11-26)36(22-20-34-16-12-32(3)13-17-34)23-21-35-18-14-33(4)15-19-35/h7-11,24-25H,5-6,12-23H2,1-4H3,(H,38,39). The second-order valence-electron chi connectivity index (χ2n) is 11.4. The minimum absolute atomic E-state index is 0.0143. The molecule has 0 aliphatic carbocycles. The number of benzene rings is 2. The number of carbonyl (C=O) groups is 1. The minimum atomic E-state index is -3.96. The van der Waals surface area contributed by atoms with Gasteiger partial charge in [-0.25, -0.2) is 13.2 Å². The van der Waals surface area contributed by atoms with Crippen molar-refractivity contribution in [3.63, 3.8) is 0 Å². The SMILES string of the molecule is CCN(CC)S(=O)(=O)c1cc(C(=O)O)cc(N(CCN2CCN(C)CC2)CCN2CCN(C)CC2)c1-c1ccccc1. The van der Waals surface area contributed by atoms with Gasteiger partial charge in [0, 0.05) is 103 Å². The van der Waals surface area contributed by atoms with Gasteiger partial charge < -0.3 is 19.8 Å². The van der Waals surface area contributed by atoms with Gasteiger partial charge in [-0.1, -0.05) is 44.2 Å². The Hall–Kier alpha value is -2.54. The van der Waals surface area contributed by atoms with E-state index >= 15 is 0 Å². The largest absolute Gasteiger partial charge is 0.478 e. The topological polar surface area (TPSA) is 90.9 Å². The Balaban J connectivity index is 1.82. The van der Waals surface area contributed by atoms with E-state index in [-0.39, 0.29) is 10.5 Å². The van der Waals surface area contributed by atoms with Crippen molar-refractivity contribution in [2.45, 2.75) is 18.7 Å². The van der Waals surface area contributed by atoms with E-state index in [9.17, 15) is 18.3 Å². The van der Waals surface area contributed by atoms with Gasteiger partial charge in [-0.15, -0.1) is 0 Å². The van der Waals surface area contributed by atoms with Gasteiger partial charge in [0.15, 0.2) is 0 Å². The number of hydrogen-bond acceptors (Lipinski definition) is 8. The van der Waals surface area contributed by atoms with E-state index in [1.807, 2.05) is 44.2 Å². The first-order valence-corrected chi connectivity index (χ1v) is 16.6. The van der Waals surface area contributed by atoms with Gasteiger partial charge in [0.05, 0.1) is 10.5 Å². The first-order valence-electron chi connectivity index (χ1n) is 15.2. The lowest BCUT2D eigenvalue weighted by molar-refractivity contribution is 0.0696. The van der Waals surface area contributed by atoms with Crippen molar-refractivity contribution in [1.82, 2.24) is 23.9 Å². The van der Waals surface area contributed by atoms with Gasteiger partial charge in [0.2, 0.25) is 10.0 Å². The summed E-state index contributed by atoms with van der Waals surface area (Å²) in [5.74, 6) is -1.13. The Morgan fingerprint density at radius 3 is 1.76 bits per heavy atom. The summed E-state index contributed by atoms with van der Waals surface area (Å²) >= 11 is 0. The molecule has 2 heterocycles. The van der Waals surface area contributed by atoms with Crippen molar-refractivity contribution in [2.24, 2.45) is 0 Å². The molecule has 232 valence electrons. The fourth-order valence-corrected chi connectivity index (χ4v) is 7.51. The Kier molecular flexibility index (Phi) is 11.4. The molecule has 0 aromatic heterocycles. The van der Waals surface area contributed by atoms with Crippen LogP contribution in [0, 0.1) is 0 Å². The highest BCUT2D eigenvalue weighted by atomic mass is 32.2. The molecule has 4 rings (SSSR count). The zero-order valence-electron chi connectivity index (χ0n) is 25.7. The molecule has 0 spiro atoms. The number of carboxylic acids is 1. The average molecular weight is 601 g/mol. The van der Waals surface area contributed by atoms with E-state index < -0.39 is 16.0 Å². The first-order chi connectivity index (χ1) is 20.1. The predicted molar refractivity (Wildman–Crippen MR) is 169 cm³/mol. The maximum Gasteiger partial charge on any atom is 0.335 e. The van der Waals surface area contributed by atoms with Crippen LogP contribution in [0.2, 0.25) is 0 Å². The Bertz CT molecular complexity index is 1250. The highest BCUT2D eigenvalue weighted by molar-refractivity contribution is 7.89. The molecule has 2 aliphatic heterocycles. The summed E-state index contributed by atoms with van der Waals surface area (Å²) in [6.07, 6.45) is 0. The van der Waals surface area contributed by atoms with Crippen LogP contribution in [0.1, 0.15) is 24.2 Å². The summed E-state index contributed by atoms with van der Waals surface area (Å²) in [6, 6.07) is 12.6. The number of aromatic carboxylic acids is 1. The molecule has 11 heteroatoms. The maximum absolute atomic E-state index is 14.1. The molecule has 2 aliphatic rings. The lowest BCUT2D eigenvalue weighted by atomic mass is 10.00. The summed E-state index contributed by atoms with van der Waals surface area (Å²) in [7, 11) is 0.316. The van der Waals surface area contributed by atoms with E-state index in [4.69, 9.17) is 0 Å². The number of hydrogen-bond donors (Lipinski definition) is 1. The fraction of sp³-hybridized carbons (Fsp3) is 0.581. The second-order valence-corrected chi connectivity index (χ2v) is 13.3. The molecule has 2 fully saturated rings. The van der Waals surface area contributed by atoms with E-state index in [0.29, 0.717) is 37.4 Å². The molecule has 2 aromatic rings. The Morgan fingerprint density at radius 1 is 0.810 bits per heavy atom. The third-order valence-corrected chi connectivity index (χ3v) is 10.7. The number of anilines is 1. The molecule has 10 nitrogen and oxygen atoms in total. The lowest BCUT2D eigenvalue weighted by Gasteiger charge is -2.37. The van der Waals surface area contributed by atoms with Crippen LogP contribution >= 0.6 is 0 Å². The normalized spacial score (nSPS) is 18.0. The van der Waals surface area contributed by atoms with Crippen LogP contribution in [0.25, 0.3) is 11.1 Å². The highest BCUT2D eigenvalue weighted by Crippen LogP contribution is 2.39. The highest BCUT2D eigenvalue weighted by Gasteiger charge is 2.31. The van der Waals surface area contributed by atoms with E-state index in [1.54, 1.807) is 6.07 Å². The number of rotatable bonds is 13. The fourth-order valence-electron chi connectivity index (χ4n) is 5.79. The quantitative estimate of drug-likeness (QED) is 0.372. The number of carboxylic acid groups (broad SMARTS) is 1. The van der Waals surface area contributed by atoms with Crippen LogP contribution in [-0.2, 0) is 10.0 Å². The summed E-state index contributed by atoms with van der Waals surface area (Å²) in [5.41, 5.74) is 1.98. The predicted octanol–water partition coefficient (Wildman–Crippen LogP) is 2.38. The molecule has 2 aromatic carbocycles. The zero-order chi connectivity index (χ0) is 30.3. The number of sulfonamides is 1. The third kappa shape index (κ3) is 7.89. The molecule has 0 saturated carbocycles. The van der Waals surface area contributed by atoms with Crippen LogP contribution in [0.15, 0.2) is 47.4 Å². The van der Waals surface area contributed by atoms with Crippen molar-refractivity contribution < 1.29 is 18.3 Å². The third-order valence-electron chi connectivity index (χ3n) is 8.62. The van der Waals surface area contributed by atoms with Gasteiger partial charge in [0.1, 0.15) is 0 Å². The van der Waals surface area contributed by atoms with Gasteiger partial charge in [-0.2, -0.15) is 4.31 Å². The summed E-state index contributed by atoms with van der Waals surface area (Å²) < 4.78 is 29.6. The Labute approximate surface area is 252 Å². The van der Waals surface area contributed by atoms with Crippen molar-refractivity contribution in [1.29, 1.82) is 0 Å². The lowest BCUT2D eigenvalue weighted by Crippen LogP contribution is -2.49. The number of likely N-dealkylation sites (N-methyl/N-ethyl adjacent to an activating group) is 2. The number of nitrogens with zero attached hydrogens (tertiary/aromatic N) is 6. The monoisotopic (exact) mass is 600 g/mol. The van der Waals surface area contributed by atoms with Crippen molar-refractivity contribution in [3.05, 3.63) is 48.0 Å². The molecule has 0 atom stereocenters. The molecule has 0 amide bonds. The van der Waals surface area contributed by atoms with Crippen LogP contribution in [0.5, 0.6) is 0 Å². The molecular weight excluding hydrogens is 552 g/mol. The second kappa shape index (κ2) is 14.8. The van der Waals surface area contributed by atoms with Crippen LogP contribution in [0.3, 0.4) is 0 Å². The van der Waals surface area contributed by atoms with Gasteiger partial charge in [0.25, 0.3) is 0 Å². The smallest absolute Gasteiger partial charge is 0.335 e. The Morgan fingerprint density at radius 2 is 1.31 bits per heavy atom. The molecule has 42 heavy (non-hydrogen) atoms. The van der Waals surface area contributed by atoms with Crippen molar-refractivity contribution in [3.8, 4) is 11.1 Å². The summed E-state index contributed by atoms with van der Waals surface area (Å²) in [6.45, 7) is 15.2. The molecular formula is C31H48N6O4S. The van der Waals surface area contributed by atoms with Crippen LogP contribution < -0.4 is 4.90 Å². The number of piperazine rings is 2. The van der Waals surface area contributed by atoms with Crippen molar-refractivity contribution >= 4 is 21.7 Å². The molecule has 1 N–H and O–H groups in total. The molecule has 0 radical (unpaired) electrons. The molecule has 0 bridgehead atoms. The van der Waals surface area contributed by atoms with E-state index in [0.717, 1.165) is 71.0 Å². The van der Waals surface area contributed by atoms with Gasteiger partial charge >= 0.3 is 5.97 Å². The molecule has 2 saturated heterocycles. The average Bonchev–Trinajstić information content (AvgIpc) is 2.99. The first kappa shape index (κ1) is 32.4. The van der Waals surface area contributed by atoms with E-state index in [1.165, 1.54) is 10.4 Å². The van der Waals surface area contributed by atoms with Crippen molar-refractivity contribution in [2.75, 3.05) is 111 Å². The molecule has 0 unspecified atom stereocenters. The summed E-state index contributed by atoms with van der Waals surface area (Å²) in [4.78, 5) is 24.3. The maximum atomic E-state index is 14.1. The van der Waals surface area contributed by atoms with E-state index in [2.05, 4.69) is 38.6 Å². The van der Waals surface area contributed by atoms with Crippen LogP contribution in [-0.4, -0.2) is 149 Å². The van der Waals surface area contributed by atoms with Gasteiger partial charge in [-0.05, 0) is 31.8 Å². The minimum Gasteiger partial charge on any atom is -0.478 e. The van der Waals surface area contributed by atoms with Crippen LogP contribution in [0.4, 0.5) is 5.69 Å². The summed E-state index contributed by atoms with van der Waals surface area (Å²) in [5, 5.41) is 10.2. The van der Waals surface area contributed by atoms with Gasteiger partial charge in [-0.3, -0.25) is 9.80 Å². The zero-order valence-corrected chi connectivity index (χ0v) is 26.5.